The summed E-state index contributed by atoms with van der Waals surface area (Å²) < 4.78 is 16.1. The van der Waals surface area contributed by atoms with Gasteiger partial charge in [-0.2, -0.15) is 0 Å². The Balaban J connectivity index is 1.72. The number of hydrogen-bond donors (Lipinski definition) is 0. The van der Waals surface area contributed by atoms with Crippen LogP contribution in [0.3, 0.4) is 0 Å². The molecule has 4 aliphatic heterocycles. The number of carbonyl (C=O) groups excluding carboxylic acids is 2. The Kier molecular flexibility index (Phi) is 2.34. The average molecular weight is 346 g/mol. The highest BCUT2D eigenvalue weighted by Crippen LogP contribution is 2.35. The summed E-state index contributed by atoms with van der Waals surface area (Å²) in [6.45, 7) is 0.536. The van der Waals surface area contributed by atoms with Crippen LogP contribution >= 0.6 is 0 Å². The van der Waals surface area contributed by atoms with Crippen LogP contribution in [0.25, 0.3) is 22.9 Å². The molecule has 0 radical (unpaired) electrons. The van der Waals surface area contributed by atoms with Crippen LogP contribution in [0.5, 0.6) is 0 Å². The van der Waals surface area contributed by atoms with Crippen LogP contribution < -0.4 is 16.1 Å². The molecule has 1 saturated heterocycles. The zero-order valence-corrected chi connectivity index (χ0v) is 13.4. The lowest BCUT2D eigenvalue weighted by atomic mass is 9.82. The molecule has 126 valence electrons. The summed E-state index contributed by atoms with van der Waals surface area (Å²) in [7, 11) is 0. The van der Waals surface area contributed by atoms with Gasteiger partial charge in [0, 0.05) is 22.8 Å². The standard InChI is InChI=1S/C20H10O6/c21-16-5-15-20(26-16)17-13(7-25-15)18(22)11-3-9-8-1-2-14(24-6-8)10(9)4-12(11)19(17)23/h3-5,7H,1-2,6H2. The van der Waals surface area contributed by atoms with Gasteiger partial charge in [-0.05, 0) is 29.3 Å². The van der Waals surface area contributed by atoms with Gasteiger partial charge in [-0.1, -0.05) is 0 Å². The smallest absolute Gasteiger partial charge is 0.340 e. The van der Waals surface area contributed by atoms with E-state index in [0.717, 1.165) is 40.7 Å². The van der Waals surface area contributed by atoms with E-state index in [4.69, 9.17) is 13.6 Å². The highest BCUT2D eigenvalue weighted by molar-refractivity contribution is 6.29. The second-order valence-corrected chi connectivity index (χ2v) is 6.70. The molecule has 0 atom stereocenters. The van der Waals surface area contributed by atoms with Gasteiger partial charge in [0.2, 0.25) is 0 Å². The summed E-state index contributed by atoms with van der Waals surface area (Å²) in [5, 5.41) is 1.86. The minimum Gasteiger partial charge on any atom is -0.493 e. The second-order valence-electron chi connectivity index (χ2n) is 6.70. The van der Waals surface area contributed by atoms with Crippen LogP contribution in [0.2, 0.25) is 0 Å². The lowest BCUT2D eigenvalue weighted by Crippen LogP contribution is -2.40. The fourth-order valence-corrected chi connectivity index (χ4v) is 4.10. The Bertz CT molecular complexity index is 1320. The second kappa shape index (κ2) is 4.40. The first kappa shape index (κ1) is 13.8. The van der Waals surface area contributed by atoms with E-state index in [1.165, 1.54) is 6.26 Å². The molecule has 6 heteroatoms. The normalized spacial score (nSPS) is 17.2. The minimum atomic E-state index is -0.619. The van der Waals surface area contributed by atoms with E-state index in [0.29, 0.717) is 17.7 Å². The van der Waals surface area contributed by atoms with E-state index in [1.54, 1.807) is 12.1 Å². The summed E-state index contributed by atoms with van der Waals surface area (Å²) in [6.07, 6.45) is 2.95. The molecule has 0 amide bonds. The van der Waals surface area contributed by atoms with Gasteiger partial charge >= 0.3 is 5.63 Å². The molecule has 0 saturated carbocycles. The van der Waals surface area contributed by atoms with Crippen molar-refractivity contribution in [1.29, 1.82) is 0 Å². The van der Waals surface area contributed by atoms with Gasteiger partial charge in [-0.25, -0.2) is 4.79 Å². The fourth-order valence-electron chi connectivity index (χ4n) is 4.10. The topological polar surface area (TPSA) is 86.7 Å². The Morgan fingerprint density at radius 2 is 1.65 bits per heavy atom. The SMILES string of the molecule is O=C1c2cc3c(cc2C(=O)c2c1coc1cc(=O)oc2-1)=C1CCC=3CO1. The third-order valence-corrected chi connectivity index (χ3v) is 5.35. The largest absolute Gasteiger partial charge is 0.493 e. The van der Waals surface area contributed by atoms with Gasteiger partial charge in [0.1, 0.15) is 18.6 Å². The monoisotopic (exact) mass is 346 g/mol. The molecule has 0 unspecified atom stereocenters. The number of fused-ring (bicyclic) bond motifs is 6. The highest BCUT2D eigenvalue weighted by Gasteiger charge is 2.36. The van der Waals surface area contributed by atoms with Crippen molar-refractivity contribution in [2.45, 2.75) is 12.8 Å². The summed E-state index contributed by atoms with van der Waals surface area (Å²) >= 11 is 0. The van der Waals surface area contributed by atoms with Gasteiger partial charge in [0.25, 0.3) is 0 Å². The van der Waals surface area contributed by atoms with Gasteiger partial charge in [-0.3, -0.25) is 9.59 Å². The number of rotatable bonds is 0. The first-order valence-electron chi connectivity index (χ1n) is 8.28. The highest BCUT2D eigenvalue weighted by atomic mass is 16.5. The molecule has 1 fully saturated rings. The van der Waals surface area contributed by atoms with Crippen molar-refractivity contribution < 1.29 is 23.2 Å². The summed E-state index contributed by atoms with van der Waals surface area (Å²) in [5.41, 5.74) is 1.40. The molecule has 0 N–H and O–H groups in total. The number of hydrogen-bond acceptors (Lipinski definition) is 6. The van der Waals surface area contributed by atoms with E-state index in [2.05, 4.69) is 0 Å². The quantitative estimate of drug-likeness (QED) is 0.475. The molecule has 0 aromatic heterocycles. The van der Waals surface area contributed by atoms with Crippen molar-refractivity contribution in [3.63, 3.8) is 0 Å². The van der Waals surface area contributed by atoms with Crippen molar-refractivity contribution in [3.05, 3.63) is 67.6 Å². The third kappa shape index (κ3) is 1.54. The molecule has 6 nitrogen and oxygen atoms in total. The Labute approximate surface area is 145 Å². The van der Waals surface area contributed by atoms with Crippen molar-refractivity contribution in [2.75, 3.05) is 6.61 Å². The molecule has 1 aromatic rings. The predicted molar refractivity (Wildman–Crippen MR) is 88.4 cm³/mol. The van der Waals surface area contributed by atoms with Crippen LogP contribution in [0, 0.1) is 0 Å². The summed E-state index contributed by atoms with van der Waals surface area (Å²) in [6, 6.07) is 4.68. The molecular formula is C20H10O6. The van der Waals surface area contributed by atoms with E-state index in [-0.39, 0.29) is 34.2 Å². The van der Waals surface area contributed by atoms with Crippen LogP contribution in [-0.2, 0) is 4.74 Å². The molecule has 0 spiro atoms. The van der Waals surface area contributed by atoms with Gasteiger partial charge in [0.15, 0.2) is 23.1 Å². The van der Waals surface area contributed by atoms with Crippen molar-refractivity contribution >= 4 is 22.9 Å². The maximum absolute atomic E-state index is 13.2. The molecule has 1 aromatic carbocycles. The van der Waals surface area contributed by atoms with Gasteiger partial charge in [0.05, 0.1) is 17.2 Å². The van der Waals surface area contributed by atoms with E-state index >= 15 is 0 Å². The maximum atomic E-state index is 13.2. The van der Waals surface area contributed by atoms with Crippen molar-refractivity contribution in [2.24, 2.45) is 0 Å². The third-order valence-electron chi connectivity index (χ3n) is 5.35. The Morgan fingerprint density at radius 1 is 0.846 bits per heavy atom. The number of furan rings is 1. The molecular weight excluding hydrogens is 336 g/mol. The summed E-state index contributed by atoms with van der Waals surface area (Å²) in [5.74, 6) is 0.383. The summed E-state index contributed by atoms with van der Waals surface area (Å²) in [4.78, 5) is 37.7. The Hall–Kier alpha value is -3.41. The van der Waals surface area contributed by atoms with Crippen molar-refractivity contribution in [3.8, 4) is 11.5 Å². The number of ether oxygens (including phenoxy) is 1. The fraction of sp³-hybridized carbons (Fsp3) is 0.150. The zero-order chi connectivity index (χ0) is 17.6. The molecule has 4 heterocycles. The van der Waals surface area contributed by atoms with Gasteiger partial charge < -0.3 is 13.6 Å². The average Bonchev–Trinajstić information content (AvgIpc) is 3.05. The molecule has 2 bridgehead atoms. The van der Waals surface area contributed by atoms with Crippen LogP contribution in [-0.4, -0.2) is 18.2 Å². The first-order chi connectivity index (χ1) is 12.6. The van der Waals surface area contributed by atoms with Gasteiger partial charge in [-0.15, -0.1) is 0 Å². The zero-order valence-electron chi connectivity index (χ0n) is 13.4. The molecule has 26 heavy (non-hydrogen) atoms. The lowest BCUT2D eigenvalue weighted by Gasteiger charge is -2.26. The maximum Gasteiger partial charge on any atom is 0.340 e. The van der Waals surface area contributed by atoms with Crippen LogP contribution in [0.4, 0.5) is 0 Å². The van der Waals surface area contributed by atoms with Crippen LogP contribution in [0.1, 0.15) is 44.7 Å². The number of ketones is 2. The Morgan fingerprint density at radius 3 is 2.46 bits per heavy atom. The minimum absolute atomic E-state index is 0.0222. The number of carbonyl (C=O) groups is 2. The molecule has 2 aliphatic carbocycles. The number of benzene rings is 1. The first-order valence-corrected chi connectivity index (χ1v) is 8.28. The van der Waals surface area contributed by atoms with E-state index in [9.17, 15) is 14.4 Å². The van der Waals surface area contributed by atoms with E-state index in [1.807, 2.05) is 0 Å². The molecule has 6 aliphatic rings. The molecule has 7 rings (SSSR count). The van der Waals surface area contributed by atoms with Crippen molar-refractivity contribution in [1.82, 2.24) is 0 Å². The van der Waals surface area contributed by atoms with Crippen LogP contribution in [0.15, 0.2) is 38.1 Å². The predicted octanol–water partition coefficient (Wildman–Crippen LogP) is 1.20. The van der Waals surface area contributed by atoms with E-state index < -0.39 is 5.63 Å². The lowest BCUT2D eigenvalue weighted by molar-refractivity contribution is 0.0975.